The van der Waals surface area contributed by atoms with Crippen molar-refractivity contribution in [1.29, 1.82) is 5.41 Å². The van der Waals surface area contributed by atoms with Gasteiger partial charge in [0.15, 0.2) is 12.1 Å². The molecule has 134 valence electrons. The molecule has 0 aromatic carbocycles. The minimum Gasteiger partial charge on any atom is -0.481 e. The third-order valence-electron chi connectivity index (χ3n) is 1.69. The van der Waals surface area contributed by atoms with Crippen LogP contribution in [-0.4, -0.2) is 69.6 Å². The molecule has 1 rings (SSSR count). The van der Waals surface area contributed by atoms with Crippen LogP contribution in [0.15, 0.2) is 0 Å². The summed E-state index contributed by atoms with van der Waals surface area (Å²) < 4.78 is 0. The second-order valence-electron chi connectivity index (χ2n) is 4.14. The van der Waals surface area contributed by atoms with E-state index in [9.17, 15) is 14.4 Å². The Hall–Kier alpha value is -2.69. The van der Waals surface area contributed by atoms with Crippen LogP contribution in [0.5, 0.6) is 0 Å². The van der Waals surface area contributed by atoms with Crippen molar-refractivity contribution in [3.8, 4) is 0 Å². The van der Waals surface area contributed by atoms with E-state index in [-0.39, 0.29) is 24.2 Å². The van der Waals surface area contributed by atoms with Gasteiger partial charge in [-0.15, -0.1) is 0 Å². The molecule has 23 heavy (non-hydrogen) atoms. The quantitative estimate of drug-likeness (QED) is 0.347. The van der Waals surface area contributed by atoms with Gasteiger partial charge in [0.2, 0.25) is 11.8 Å². The number of amides is 2. The maximum Gasteiger partial charge on any atom is 0.332 e. The fourth-order valence-corrected chi connectivity index (χ4v) is 0.736. The molecule has 0 radical (unpaired) electrons. The lowest BCUT2D eigenvalue weighted by molar-refractivity contribution is -0.146. The number of hydrogen-bond acceptors (Lipinski definition) is 6. The molecule has 0 aromatic rings. The Balaban J connectivity index is -0.000000245. The number of primary amides is 1. The number of aliphatic hydroxyl groups is 1. The van der Waals surface area contributed by atoms with Crippen molar-refractivity contribution in [2.75, 3.05) is 13.6 Å². The molecule has 0 saturated carbocycles. The van der Waals surface area contributed by atoms with E-state index >= 15 is 0 Å². The van der Waals surface area contributed by atoms with E-state index in [0.717, 1.165) is 6.92 Å². The zero-order valence-electron chi connectivity index (χ0n) is 13.5. The standard InChI is InChI=1S/C4H7N3O.C4H8O3.C2H5NO.C2H4O2/c1-7-2-3(8)6-4(7)5;1-2-3(5)4(6)7;2*1-2(3)4/h2H2,1H3,(H2,5,6,8);3,5H,2H2,1H3,(H,6,7);1H3,(H2,3,4);1H3,(H,3,4). The summed E-state index contributed by atoms with van der Waals surface area (Å²) in [7, 11) is 1.69. The normalized spacial score (nSPS) is 13.0. The van der Waals surface area contributed by atoms with Crippen LogP contribution in [0.3, 0.4) is 0 Å². The lowest BCUT2D eigenvalue weighted by Gasteiger charge is -2.03. The van der Waals surface area contributed by atoms with Crippen molar-refractivity contribution >= 4 is 29.7 Å². The van der Waals surface area contributed by atoms with E-state index < -0.39 is 18.0 Å². The molecule has 11 heteroatoms. The van der Waals surface area contributed by atoms with Gasteiger partial charge in [-0.25, -0.2) is 4.79 Å². The molecule has 0 spiro atoms. The number of carboxylic acids is 2. The van der Waals surface area contributed by atoms with Gasteiger partial charge in [-0.2, -0.15) is 0 Å². The summed E-state index contributed by atoms with van der Waals surface area (Å²) in [5.74, 6) is -2.23. The van der Waals surface area contributed by atoms with Crippen LogP contribution in [0, 0.1) is 5.41 Å². The zero-order valence-corrected chi connectivity index (χ0v) is 13.5. The highest BCUT2D eigenvalue weighted by molar-refractivity contribution is 6.02. The third-order valence-corrected chi connectivity index (χ3v) is 1.69. The summed E-state index contributed by atoms with van der Waals surface area (Å²) in [6.07, 6.45) is -0.907. The van der Waals surface area contributed by atoms with E-state index in [2.05, 4.69) is 11.1 Å². The lowest BCUT2D eigenvalue weighted by Crippen LogP contribution is -2.25. The number of aliphatic hydroxyl groups excluding tert-OH is 1. The molecule has 2 amide bonds. The first-order valence-corrected chi connectivity index (χ1v) is 6.31. The van der Waals surface area contributed by atoms with Gasteiger partial charge in [-0.1, -0.05) is 6.92 Å². The largest absolute Gasteiger partial charge is 0.481 e. The smallest absolute Gasteiger partial charge is 0.332 e. The van der Waals surface area contributed by atoms with Gasteiger partial charge in [-0.05, 0) is 6.42 Å². The number of nitrogens with two attached hydrogens (primary N) is 1. The SMILES string of the molecule is CC(=O)O.CC(N)=O.CCC(O)C(=O)O.CN1CC(=O)NC1=N. The van der Waals surface area contributed by atoms with Crippen LogP contribution in [0.4, 0.5) is 0 Å². The van der Waals surface area contributed by atoms with E-state index in [1.54, 1.807) is 18.9 Å². The van der Waals surface area contributed by atoms with Gasteiger partial charge in [-0.3, -0.25) is 25.1 Å². The molecule has 11 nitrogen and oxygen atoms in total. The topological polar surface area (TPSA) is 194 Å². The van der Waals surface area contributed by atoms with Crippen molar-refractivity contribution in [1.82, 2.24) is 10.2 Å². The summed E-state index contributed by atoms with van der Waals surface area (Å²) in [6.45, 7) is 4.32. The van der Waals surface area contributed by atoms with E-state index in [1.165, 1.54) is 6.92 Å². The molecule has 0 bridgehead atoms. The Bertz CT molecular complexity index is 406. The number of guanidine groups is 1. The maximum absolute atomic E-state index is 10.4. The fraction of sp³-hybridized carbons (Fsp3) is 0.583. The number of carbonyl (C=O) groups is 4. The molecule has 1 aliphatic heterocycles. The molecular formula is C12H24N4O7. The molecule has 0 aliphatic carbocycles. The average molecular weight is 336 g/mol. The van der Waals surface area contributed by atoms with Crippen LogP contribution in [0.25, 0.3) is 0 Å². The molecule has 1 saturated heterocycles. The van der Waals surface area contributed by atoms with Crippen molar-refractivity contribution in [2.45, 2.75) is 33.3 Å². The number of likely N-dealkylation sites (N-methyl/N-ethyl adjacent to an activating group) is 1. The van der Waals surface area contributed by atoms with Crippen LogP contribution in [0.2, 0.25) is 0 Å². The first-order chi connectivity index (χ1) is 10.3. The van der Waals surface area contributed by atoms with Crippen molar-refractivity contribution < 1.29 is 34.5 Å². The van der Waals surface area contributed by atoms with E-state index in [1.807, 2.05) is 0 Å². The molecule has 1 unspecified atom stereocenters. The highest BCUT2D eigenvalue weighted by atomic mass is 16.4. The number of rotatable bonds is 2. The third kappa shape index (κ3) is 24.7. The Morgan fingerprint density at radius 3 is 1.74 bits per heavy atom. The minimum absolute atomic E-state index is 0.0995. The molecule has 1 heterocycles. The predicted octanol–water partition coefficient (Wildman–Crippen LogP) is -1.59. The summed E-state index contributed by atoms with van der Waals surface area (Å²) in [5.41, 5.74) is 4.47. The molecule has 1 aliphatic rings. The Labute approximate surface area is 133 Å². The summed E-state index contributed by atoms with van der Waals surface area (Å²) >= 11 is 0. The highest BCUT2D eigenvalue weighted by Gasteiger charge is 2.18. The minimum atomic E-state index is -1.18. The summed E-state index contributed by atoms with van der Waals surface area (Å²) in [4.78, 5) is 39.8. The molecule has 1 fully saturated rings. The fourth-order valence-electron chi connectivity index (χ4n) is 0.736. The first-order valence-electron chi connectivity index (χ1n) is 6.31. The van der Waals surface area contributed by atoms with Crippen LogP contribution in [0.1, 0.15) is 27.2 Å². The van der Waals surface area contributed by atoms with Gasteiger partial charge in [0, 0.05) is 20.9 Å². The maximum atomic E-state index is 10.4. The van der Waals surface area contributed by atoms with Gasteiger partial charge >= 0.3 is 5.97 Å². The second kappa shape index (κ2) is 14.3. The monoisotopic (exact) mass is 336 g/mol. The number of carbonyl (C=O) groups excluding carboxylic acids is 2. The Kier molecular flexibility index (Phi) is 15.7. The van der Waals surface area contributed by atoms with E-state index in [4.69, 9.17) is 25.5 Å². The molecule has 7 N–H and O–H groups in total. The first kappa shape index (κ1) is 25.3. The van der Waals surface area contributed by atoms with Crippen LogP contribution < -0.4 is 11.1 Å². The number of carboxylic acid groups (broad SMARTS) is 2. The lowest BCUT2D eigenvalue weighted by atomic mass is 10.3. The number of nitrogens with one attached hydrogen (secondary N) is 2. The molecule has 0 aromatic heterocycles. The van der Waals surface area contributed by atoms with Gasteiger partial charge in [0.1, 0.15) is 0 Å². The van der Waals surface area contributed by atoms with Crippen LogP contribution in [-0.2, 0) is 19.2 Å². The Morgan fingerprint density at radius 2 is 1.70 bits per heavy atom. The van der Waals surface area contributed by atoms with Crippen molar-refractivity contribution in [3.05, 3.63) is 0 Å². The van der Waals surface area contributed by atoms with Gasteiger partial charge in [0.25, 0.3) is 5.97 Å². The number of hydrogen-bond donors (Lipinski definition) is 6. The highest BCUT2D eigenvalue weighted by Crippen LogP contribution is 1.89. The predicted molar refractivity (Wildman–Crippen MR) is 80.6 cm³/mol. The average Bonchev–Trinajstić information content (AvgIpc) is 2.64. The number of nitrogens with zero attached hydrogens (tertiary/aromatic N) is 1. The molecule has 1 atom stereocenters. The van der Waals surface area contributed by atoms with Crippen molar-refractivity contribution in [3.63, 3.8) is 0 Å². The number of aliphatic carboxylic acids is 2. The van der Waals surface area contributed by atoms with Crippen molar-refractivity contribution in [2.24, 2.45) is 5.73 Å². The van der Waals surface area contributed by atoms with E-state index in [0.29, 0.717) is 6.54 Å². The van der Waals surface area contributed by atoms with Gasteiger partial charge in [0.05, 0.1) is 6.54 Å². The molecular weight excluding hydrogens is 312 g/mol. The second-order valence-corrected chi connectivity index (χ2v) is 4.14. The zero-order chi connectivity index (χ0) is 19.2. The van der Waals surface area contributed by atoms with Crippen LogP contribution >= 0.6 is 0 Å². The van der Waals surface area contributed by atoms with Gasteiger partial charge < -0.3 is 26.0 Å². The summed E-state index contributed by atoms with van der Waals surface area (Å²) in [5, 5.41) is 33.0. The Morgan fingerprint density at radius 1 is 1.35 bits per heavy atom. The summed E-state index contributed by atoms with van der Waals surface area (Å²) in [6, 6.07) is 0.